The summed E-state index contributed by atoms with van der Waals surface area (Å²) in [5, 5.41) is 0.390. The number of rotatable bonds is 9. The Labute approximate surface area is 160 Å². The number of nitrogens with two attached hydrogens (primary N) is 1. The van der Waals surface area contributed by atoms with Crippen LogP contribution in [-0.2, 0) is 28.5 Å². The third-order valence-electron chi connectivity index (χ3n) is 4.30. The number of anilines is 1. The number of methoxy groups -OCH3 is 1. The van der Waals surface area contributed by atoms with E-state index in [-0.39, 0.29) is 0 Å². The molecule has 3 aromatic rings. The minimum atomic E-state index is -1.17. The Bertz CT molecular complexity index is 928. The van der Waals surface area contributed by atoms with Gasteiger partial charge in [-0.1, -0.05) is 0 Å². The van der Waals surface area contributed by atoms with Crippen molar-refractivity contribution in [3.8, 4) is 0 Å². The average Bonchev–Trinajstić information content (AvgIpc) is 3.06. The fourth-order valence-electron chi connectivity index (χ4n) is 2.99. The lowest BCUT2D eigenvalue weighted by Gasteiger charge is -2.10. The lowest BCUT2D eigenvalue weighted by atomic mass is 10.2. The van der Waals surface area contributed by atoms with Crippen LogP contribution in [0.5, 0.6) is 0 Å². The smallest absolute Gasteiger partial charge is 0.218 e. The van der Waals surface area contributed by atoms with E-state index in [0.29, 0.717) is 29.8 Å². The van der Waals surface area contributed by atoms with Gasteiger partial charge in [-0.05, 0) is 31.4 Å². The Balaban J connectivity index is 1.71. The van der Waals surface area contributed by atoms with Gasteiger partial charge in [0.05, 0.1) is 22.9 Å². The maximum absolute atomic E-state index is 12.3. The average molecular weight is 388 g/mol. The summed E-state index contributed by atoms with van der Waals surface area (Å²) in [5.74, 6) is 1.91. The van der Waals surface area contributed by atoms with E-state index in [9.17, 15) is 4.21 Å². The third kappa shape index (κ3) is 4.48. The van der Waals surface area contributed by atoms with E-state index in [1.165, 1.54) is 0 Å². The van der Waals surface area contributed by atoms with Crippen molar-refractivity contribution in [1.82, 2.24) is 24.5 Å². The van der Waals surface area contributed by atoms with Crippen LogP contribution in [0.15, 0.2) is 29.8 Å². The van der Waals surface area contributed by atoms with Crippen molar-refractivity contribution < 1.29 is 8.95 Å². The number of aromatic nitrogens is 5. The molecule has 27 heavy (non-hydrogen) atoms. The first kappa shape index (κ1) is 19.4. The van der Waals surface area contributed by atoms with Crippen LogP contribution < -0.4 is 5.73 Å². The van der Waals surface area contributed by atoms with Gasteiger partial charge in [-0.2, -0.15) is 0 Å². The minimum absolute atomic E-state index is 0.390. The number of aryl methyl sites for hydroxylation is 2. The van der Waals surface area contributed by atoms with Crippen LogP contribution in [0.2, 0.25) is 0 Å². The number of unbranched alkanes of at least 4 members (excludes halogenated alkanes) is 1. The number of nitrogens with zero attached hydrogens (tertiary/aromatic N) is 5. The highest BCUT2D eigenvalue weighted by molar-refractivity contribution is 7.84. The summed E-state index contributed by atoms with van der Waals surface area (Å²) in [4.78, 5) is 17.0. The van der Waals surface area contributed by atoms with Crippen LogP contribution >= 0.6 is 0 Å². The summed E-state index contributed by atoms with van der Waals surface area (Å²) in [6.45, 7) is 3.37. The molecular formula is C18H24N6O2S. The standard InChI is InChI=1S/C18H24N6O2S/c1-13-12-22-17(19)15-16(13)24(14(23-15)6-10-26-2)9-3-4-11-27(25)18-20-7-5-8-21-18/h5,7-8,12H,3-4,6,9-11H2,1-2H3,(H2,19,22). The second-order valence-electron chi connectivity index (χ2n) is 6.23. The van der Waals surface area contributed by atoms with Gasteiger partial charge in [0.2, 0.25) is 5.16 Å². The van der Waals surface area contributed by atoms with Crippen molar-refractivity contribution >= 4 is 27.7 Å². The van der Waals surface area contributed by atoms with E-state index >= 15 is 0 Å². The second kappa shape index (κ2) is 9.01. The number of ether oxygens (including phenoxy) is 1. The predicted molar refractivity (Wildman–Crippen MR) is 105 cm³/mol. The highest BCUT2D eigenvalue weighted by Gasteiger charge is 2.15. The molecule has 8 nitrogen and oxygen atoms in total. The summed E-state index contributed by atoms with van der Waals surface area (Å²) >= 11 is 0. The van der Waals surface area contributed by atoms with Gasteiger partial charge in [-0.25, -0.2) is 19.9 Å². The summed E-state index contributed by atoms with van der Waals surface area (Å²) in [6, 6.07) is 1.72. The topological polar surface area (TPSA) is 109 Å². The summed E-state index contributed by atoms with van der Waals surface area (Å²) in [5.41, 5.74) is 8.81. The minimum Gasteiger partial charge on any atom is -0.384 e. The molecule has 1 unspecified atom stereocenters. The number of hydrogen-bond acceptors (Lipinski definition) is 7. The second-order valence-corrected chi connectivity index (χ2v) is 7.70. The van der Waals surface area contributed by atoms with Gasteiger partial charge in [0.1, 0.15) is 11.3 Å². The van der Waals surface area contributed by atoms with Crippen LogP contribution in [-0.4, -0.2) is 48.2 Å². The van der Waals surface area contributed by atoms with Crippen LogP contribution in [0.25, 0.3) is 11.0 Å². The van der Waals surface area contributed by atoms with E-state index < -0.39 is 10.8 Å². The maximum Gasteiger partial charge on any atom is 0.218 e. The Morgan fingerprint density at radius 1 is 1.22 bits per heavy atom. The van der Waals surface area contributed by atoms with Crippen molar-refractivity contribution in [2.45, 2.75) is 37.9 Å². The van der Waals surface area contributed by atoms with Gasteiger partial charge in [-0.15, -0.1) is 0 Å². The van der Waals surface area contributed by atoms with Crippen LogP contribution in [0.4, 0.5) is 5.82 Å². The third-order valence-corrected chi connectivity index (χ3v) is 5.57. The lowest BCUT2D eigenvalue weighted by Crippen LogP contribution is -2.09. The Hall–Kier alpha value is -2.39. The molecule has 0 bridgehead atoms. The molecule has 9 heteroatoms. The molecule has 3 heterocycles. The van der Waals surface area contributed by atoms with Crippen molar-refractivity contribution in [2.75, 3.05) is 25.2 Å². The highest BCUT2D eigenvalue weighted by Crippen LogP contribution is 2.24. The first-order chi connectivity index (χ1) is 13.1. The first-order valence-corrected chi connectivity index (χ1v) is 10.2. The fourth-order valence-corrected chi connectivity index (χ4v) is 3.99. The summed E-state index contributed by atoms with van der Waals surface area (Å²) in [7, 11) is 0.502. The lowest BCUT2D eigenvalue weighted by molar-refractivity contribution is 0.199. The monoisotopic (exact) mass is 388 g/mol. The molecule has 0 saturated heterocycles. The summed E-state index contributed by atoms with van der Waals surface area (Å²) in [6.07, 6.45) is 7.37. The number of nitrogen functional groups attached to an aromatic ring is 1. The van der Waals surface area contributed by atoms with Crippen molar-refractivity contribution in [3.05, 3.63) is 36.0 Å². The van der Waals surface area contributed by atoms with Crippen molar-refractivity contribution in [2.24, 2.45) is 0 Å². The van der Waals surface area contributed by atoms with Crippen LogP contribution in [0, 0.1) is 6.92 Å². The van der Waals surface area contributed by atoms with E-state index in [0.717, 1.165) is 41.8 Å². The highest BCUT2D eigenvalue weighted by atomic mass is 32.2. The SMILES string of the molecule is COCCc1nc2c(N)ncc(C)c2n1CCCCS(=O)c1ncccn1. The van der Waals surface area contributed by atoms with E-state index in [2.05, 4.69) is 24.5 Å². The van der Waals surface area contributed by atoms with Gasteiger partial charge < -0.3 is 15.0 Å². The van der Waals surface area contributed by atoms with Gasteiger partial charge in [0.25, 0.3) is 0 Å². The van der Waals surface area contributed by atoms with E-state index in [1.54, 1.807) is 31.8 Å². The molecule has 1 atom stereocenters. The van der Waals surface area contributed by atoms with Crippen molar-refractivity contribution in [3.63, 3.8) is 0 Å². The Morgan fingerprint density at radius 2 is 2.00 bits per heavy atom. The molecule has 0 aliphatic rings. The Morgan fingerprint density at radius 3 is 2.74 bits per heavy atom. The zero-order valence-electron chi connectivity index (χ0n) is 15.6. The normalized spacial score (nSPS) is 12.5. The van der Waals surface area contributed by atoms with Gasteiger partial charge >= 0.3 is 0 Å². The molecule has 3 aromatic heterocycles. The maximum atomic E-state index is 12.3. The van der Waals surface area contributed by atoms with E-state index in [1.807, 2.05) is 6.92 Å². The number of fused-ring (bicyclic) bond motifs is 1. The molecular weight excluding hydrogens is 364 g/mol. The van der Waals surface area contributed by atoms with Gasteiger partial charge in [0.15, 0.2) is 5.82 Å². The largest absolute Gasteiger partial charge is 0.384 e. The zero-order valence-corrected chi connectivity index (χ0v) is 16.4. The number of pyridine rings is 1. The van der Waals surface area contributed by atoms with Gasteiger partial charge in [-0.3, -0.25) is 4.21 Å². The molecule has 144 valence electrons. The number of hydrogen-bond donors (Lipinski definition) is 1. The number of imidazole rings is 1. The molecule has 0 aliphatic heterocycles. The molecule has 0 radical (unpaired) electrons. The molecule has 0 aromatic carbocycles. The molecule has 0 spiro atoms. The van der Waals surface area contributed by atoms with Gasteiger partial charge in [0, 0.05) is 44.4 Å². The fraction of sp³-hybridized carbons (Fsp3) is 0.444. The quantitative estimate of drug-likeness (QED) is 0.440. The van der Waals surface area contributed by atoms with Crippen LogP contribution in [0.1, 0.15) is 24.2 Å². The first-order valence-electron chi connectivity index (χ1n) is 8.86. The molecule has 0 saturated carbocycles. The summed E-state index contributed by atoms with van der Waals surface area (Å²) < 4.78 is 19.6. The predicted octanol–water partition coefficient (Wildman–Crippen LogP) is 1.89. The molecule has 0 aliphatic carbocycles. The van der Waals surface area contributed by atoms with E-state index in [4.69, 9.17) is 10.5 Å². The van der Waals surface area contributed by atoms with Crippen LogP contribution in [0.3, 0.4) is 0 Å². The van der Waals surface area contributed by atoms with Crippen molar-refractivity contribution in [1.29, 1.82) is 0 Å². The molecule has 0 amide bonds. The Kier molecular flexibility index (Phi) is 6.46. The molecule has 2 N–H and O–H groups in total. The zero-order chi connectivity index (χ0) is 19.2. The molecule has 0 fully saturated rings. The molecule has 3 rings (SSSR count).